The van der Waals surface area contributed by atoms with Gasteiger partial charge >= 0.3 is 0 Å². The van der Waals surface area contributed by atoms with E-state index in [0.29, 0.717) is 13.1 Å². The number of benzene rings is 3. The Morgan fingerprint density at radius 3 is 2.17 bits per heavy atom. The Balaban J connectivity index is 1.77. The van der Waals surface area contributed by atoms with Gasteiger partial charge < -0.3 is 14.4 Å². The average Bonchev–Trinajstić information content (AvgIpc) is 2.98. The molecule has 0 spiro atoms. The molecule has 1 amide bonds. The van der Waals surface area contributed by atoms with Gasteiger partial charge in [-0.25, -0.2) is 0 Å². The monoisotopic (exact) mass is 387 g/mol. The van der Waals surface area contributed by atoms with E-state index in [1.54, 1.807) is 14.2 Å². The second-order valence-electron chi connectivity index (χ2n) is 7.24. The van der Waals surface area contributed by atoms with Crippen LogP contribution in [0.2, 0.25) is 0 Å². The third kappa shape index (κ3) is 3.83. The van der Waals surface area contributed by atoms with Gasteiger partial charge in [0.15, 0.2) is 11.5 Å². The van der Waals surface area contributed by atoms with E-state index in [1.807, 2.05) is 53.4 Å². The molecular formula is C25H25NO3. The first-order valence-corrected chi connectivity index (χ1v) is 9.85. The second kappa shape index (κ2) is 8.39. The van der Waals surface area contributed by atoms with Gasteiger partial charge in [-0.2, -0.15) is 0 Å². The van der Waals surface area contributed by atoms with Crippen LogP contribution < -0.4 is 9.47 Å². The molecule has 148 valence electrons. The quantitative estimate of drug-likeness (QED) is 0.660. The molecule has 4 rings (SSSR count). The van der Waals surface area contributed by atoms with Gasteiger partial charge in [0, 0.05) is 24.6 Å². The van der Waals surface area contributed by atoms with Crippen molar-refractivity contribution in [3.63, 3.8) is 0 Å². The van der Waals surface area contributed by atoms with Crippen molar-refractivity contribution in [3.05, 3.63) is 95.1 Å². The maximum atomic E-state index is 13.2. The number of nitrogens with zero attached hydrogens (tertiary/aromatic N) is 1. The van der Waals surface area contributed by atoms with E-state index < -0.39 is 0 Å². The summed E-state index contributed by atoms with van der Waals surface area (Å²) in [5, 5.41) is 0. The number of carbonyl (C=O) groups excluding carboxylic acids is 1. The minimum Gasteiger partial charge on any atom is -0.493 e. The first-order chi connectivity index (χ1) is 14.2. The van der Waals surface area contributed by atoms with Crippen molar-refractivity contribution in [2.45, 2.75) is 12.3 Å². The molecule has 0 saturated carbocycles. The zero-order valence-electron chi connectivity index (χ0n) is 16.8. The number of hydrogen-bond acceptors (Lipinski definition) is 3. The summed E-state index contributed by atoms with van der Waals surface area (Å²) in [5.41, 5.74) is 4.30. The van der Waals surface area contributed by atoms with Gasteiger partial charge in [-0.15, -0.1) is 0 Å². The lowest BCUT2D eigenvalue weighted by Crippen LogP contribution is -2.34. The van der Waals surface area contributed by atoms with Crippen LogP contribution >= 0.6 is 0 Å². The van der Waals surface area contributed by atoms with Crippen molar-refractivity contribution in [1.82, 2.24) is 4.90 Å². The molecule has 1 unspecified atom stereocenters. The molecule has 0 N–H and O–H groups in total. The highest BCUT2D eigenvalue weighted by molar-refractivity contribution is 5.94. The minimum atomic E-state index is 0.0678. The van der Waals surface area contributed by atoms with Crippen LogP contribution in [0.1, 0.15) is 33.0 Å². The molecule has 0 aromatic heterocycles. The SMILES string of the molecule is COc1cc2c(cc1OC)C(c1ccccc1)CN(C(=O)c1ccccc1)CC2. The predicted octanol–water partition coefficient (Wildman–Crippen LogP) is 4.53. The van der Waals surface area contributed by atoms with Crippen LogP contribution in [0, 0.1) is 0 Å². The number of amides is 1. The fourth-order valence-corrected chi connectivity index (χ4v) is 4.06. The van der Waals surface area contributed by atoms with Gasteiger partial charge in [0.05, 0.1) is 14.2 Å². The molecule has 29 heavy (non-hydrogen) atoms. The summed E-state index contributed by atoms with van der Waals surface area (Å²) in [6.07, 6.45) is 0.775. The molecule has 3 aromatic carbocycles. The van der Waals surface area contributed by atoms with Gasteiger partial charge in [-0.1, -0.05) is 48.5 Å². The lowest BCUT2D eigenvalue weighted by molar-refractivity contribution is 0.0757. The van der Waals surface area contributed by atoms with Crippen LogP contribution in [0.3, 0.4) is 0 Å². The number of ether oxygens (including phenoxy) is 2. The molecule has 1 aliphatic rings. The van der Waals surface area contributed by atoms with Gasteiger partial charge in [0.25, 0.3) is 5.91 Å². The highest BCUT2D eigenvalue weighted by Gasteiger charge is 2.29. The van der Waals surface area contributed by atoms with Crippen LogP contribution in [-0.4, -0.2) is 38.1 Å². The number of rotatable bonds is 4. The zero-order chi connectivity index (χ0) is 20.2. The van der Waals surface area contributed by atoms with Gasteiger partial charge in [-0.05, 0) is 47.4 Å². The van der Waals surface area contributed by atoms with Crippen molar-refractivity contribution in [2.75, 3.05) is 27.3 Å². The lowest BCUT2D eigenvalue weighted by Gasteiger charge is -2.26. The molecule has 0 radical (unpaired) electrons. The molecule has 4 heteroatoms. The second-order valence-corrected chi connectivity index (χ2v) is 7.24. The maximum absolute atomic E-state index is 13.2. The average molecular weight is 387 g/mol. The topological polar surface area (TPSA) is 38.8 Å². The van der Waals surface area contributed by atoms with Crippen molar-refractivity contribution in [2.24, 2.45) is 0 Å². The van der Waals surface area contributed by atoms with E-state index in [1.165, 1.54) is 16.7 Å². The summed E-state index contributed by atoms with van der Waals surface area (Å²) >= 11 is 0. The summed E-state index contributed by atoms with van der Waals surface area (Å²) in [6, 6.07) is 24.0. The Labute approximate surface area is 171 Å². The fourth-order valence-electron chi connectivity index (χ4n) is 4.06. The molecule has 0 fully saturated rings. The summed E-state index contributed by atoms with van der Waals surface area (Å²) in [5.74, 6) is 1.58. The summed E-state index contributed by atoms with van der Waals surface area (Å²) in [7, 11) is 3.31. The molecule has 0 bridgehead atoms. The van der Waals surface area contributed by atoms with E-state index >= 15 is 0 Å². The van der Waals surface area contributed by atoms with Crippen molar-refractivity contribution in [1.29, 1.82) is 0 Å². The summed E-state index contributed by atoms with van der Waals surface area (Å²) < 4.78 is 11.1. The van der Waals surface area contributed by atoms with Gasteiger partial charge in [0.2, 0.25) is 0 Å². The summed E-state index contributed by atoms with van der Waals surface area (Å²) in [4.78, 5) is 15.2. The summed E-state index contributed by atoms with van der Waals surface area (Å²) in [6.45, 7) is 1.29. The molecule has 0 saturated heterocycles. The number of carbonyl (C=O) groups is 1. The zero-order valence-corrected chi connectivity index (χ0v) is 16.8. The Kier molecular flexibility index (Phi) is 5.52. The van der Waals surface area contributed by atoms with Crippen LogP contribution in [-0.2, 0) is 6.42 Å². The Bertz CT molecular complexity index is 986. The van der Waals surface area contributed by atoms with E-state index in [4.69, 9.17) is 9.47 Å². The third-order valence-corrected chi connectivity index (χ3v) is 5.58. The van der Waals surface area contributed by atoms with Crippen LogP contribution in [0.4, 0.5) is 0 Å². The van der Waals surface area contributed by atoms with Crippen molar-refractivity contribution < 1.29 is 14.3 Å². The lowest BCUT2D eigenvalue weighted by atomic mass is 9.87. The Morgan fingerprint density at radius 1 is 0.897 bits per heavy atom. The highest BCUT2D eigenvalue weighted by Crippen LogP contribution is 2.38. The molecule has 1 aliphatic heterocycles. The van der Waals surface area contributed by atoms with Crippen LogP contribution in [0.5, 0.6) is 11.5 Å². The molecule has 4 nitrogen and oxygen atoms in total. The van der Waals surface area contributed by atoms with Crippen molar-refractivity contribution in [3.8, 4) is 11.5 Å². The van der Waals surface area contributed by atoms with Gasteiger partial charge in [0.1, 0.15) is 0 Å². The molecular weight excluding hydrogens is 362 g/mol. The van der Waals surface area contributed by atoms with E-state index in [2.05, 4.69) is 24.3 Å². The standard InChI is InChI=1S/C25H25NO3/c1-28-23-15-20-13-14-26(25(27)19-11-7-4-8-12-19)17-22(18-9-5-3-6-10-18)21(20)16-24(23)29-2/h3-12,15-16,22H,13-14,17H2,1-2H3. The highest BCUT2D eigenvalue weighted by atomic mass is 16.5. The van der Waals surface area contributed by atoms with Gasteiger partial charge in [-0.3, -0.25) is 4.79 Å². The normalized spacial score (nSPS) is 15.9. The number of hydrogen-bond donors (Lipinski definition) is 0. The molecule has 1 heterocycles. The minimum absolute atomic E-state index is 0.0678. The predicted molar refractivity (Wildman–Crippen MR) is 114 cm³/mol. The van der Waals surface area contributed by atoms with Crippen LogP contribution in [0.25, 0.3) is 0 Å². The largest absolute Gasteiger partial charge is 0.493 e. The fraction of sp³-hybridized carbons (Fsp3) is 0.240. The molecule has 3 aromatic rings. The molecule has 0 aliphatic carbocycles. The third-order valence-electron chi connectivity index (χ3n) is 5.58. The van der Waals surface area contributed by atoms with Crippen LogP contribution in [0.15, 0.2) is 72.8 Å². The van der Waals surface area contributed by atoms with E-state index in [0.717, 1.165) is 23.5 Å². The first-order valence-electron chi connectivity index (χ1n) is 9.85. The Morgan fingerprint density at radius 2 is 1.52 bits per heavy atom. The van der Waals surface area contributed by atoms with E-state index in [9.17, 15) is 4.79 Å². The molecule has 1 atom stereocenters. The smallest absolute Gasteiger partial charge is 0.253 e. The maximum Gasteiger partial charge on any atom is 0.253 e. The number of methoxy groups -OCH3 is 2. The first kappa shape index (κ1) is 19.1. The van der Waals surface area contributed by atoms with Crippen molar-refractivity contribution >= 4 is 5.91 Å². The Hall–Kier alpha value is -3.27. The van der Waals surface area contributed by atoms with E-state index in [-0.39, 0.29) is 11.8 Å². The number of fused-ring (bicyclic) bond motifs is 1.